The second kappa shape index (κ2) is 7.14. The maximum Gasteiger partial charge on any atom is 0.258 e. The van der Waals surface area contributed by atoms with Crippen molar-refractivity contribution in [1.82, 2.24) is 4.57 Å². The maximum absolute atomic E-state index is 12.7. The Balaban J connectivity index is 2.01. The highest BCUT2D eigenvalue weighted by atomic mass is 16.3. The quantitative estimate of drug-likeness (QED) is 0.759. The number of hydrogen-bond donors (Lipinski definition) is 2. The lowest BCUT2D eigenvalue weighted by Gasteiger charge is -2.13. The van der Waals surface area contributed by atoms with Crippen molar-refractivity contribution < 1.29 is 9.90 Å². The van der Waals surface area contributed by atoms with Crippen molar-refractivity contribution in [3.05, 3.63) is 75.7 Å². The largest absolute Gasteiger partial charge is 0.392 e. The molecule has 134 valence electrons. The lowest BCUT2D eigenvalue weighted by atomic mass is 10.0. The van der Waals surface area contributed by atoms with Gasteiger partial charge in [-0.3, -0.25) is 9.59 Å². The van der Waals surface area contributed by atoms with Gasteiger partial charge in [0.2, 0.25) is 0 Å². The number of nitrogens with zero attached hydrogens (tertiary/aromatic N) is 1. The van der Waals surface area contributed by atoms with Gasteiger partial charge in [-0.2, -0.15) is 0 Å². The summed E-state index contributed by atoms with van der Waals surface area (Å²) < 4.78 is 1.48. The number of aromatic nitrogens is 1. The van der Waals surface area contributed by atoms with Crippen molar-refractivity contribution in [2.45, 2.75) is 33.4 Å². The number of amides is 1. The van der Waals surface area contributed by atoms with Crippen LogP contribution in [-0.2, 0) is 6.54 Å². The topological polar surface area (TPSA) is 71.3 Å². The third-order valence-electron chi connectivity index (χ3n) is 4.58. The number of benzene rings is 2. The molecule has 0 fully saturated rings. The van der Waals surface area contributed by atoms with E-state index in [-0.39, 0.29) is 18.0 Å². The highest BCUT2D eigenvalue weighted by Gasteiger charge is 2.13. The Morgan fingerprint density at radius 3 is 2.58 bits per heavy atom. The van der Waals surface area contributed by atoms with E-state index >= 15 is 0 Å². The molecule has 0 radical (unpaired) electrons. The molecule has 26 heavy (non-hydrogen) atoms. The van der Waals surface area contributed by atoms with E-state index in [0.29, 0.717) is 22.0 Å². The maximum atomic E-state index is 12.7. The number of carbonyl (C=O) groups is 1. The smallest absolute Gasteiger partial charge is 0.258 e. The van der Waals surface area contributed by atoms with E-state index in [0.717, 1.165) is 11.1 Å². The Hall–Kier alpha value is -2.92. The second-order valence-corrected chi connectivity index (χ2v) is 6.59. The fraction of sp³-hybridized carbons (Fsp3) is 0.238. The van der Waals surface area contributed by atoms with Crippen LogP contribution in [0.4, 0.5) is 5.69 Å². The first kappa shape index (κ1) is 17.9. The summed E-state index contributed by atoms with van der Waals surface area (Å²) in [6, 6.07) is 12.7. The van der Waals surface area contributed by atoms with Crippen LogP contribution in [0.2, 0.25) is 0 Å². The molecule has 3 rings (SSSR count). The lowest BCUT2D eigenvalue weighted by molar-refractivity contribution is 0.102. The van der Waals surface area contributed by atoms with Gasteiger partial charge >= 0.3 is 0 Å². The molecule has 0 spiro atoms. The van der Waals surface area contributed by atoms with E-state index in [2.05, 4.69) is 5.32 Å². The average molecular weight is 350 g/mol. The van der Waals surface area contributed by atoms with E-state index in [1.807, 2.05) is 26.0 Å². The summed E-state index contributed by atoms with van der Waals surface area (Å²) >= 11 is 0. The van der Waals surface area contributed by atoms with Crippen molar-refractivity contribution in [2.24, 2.45) is 0 Å². The Kier molecular flexibility index (Phi) is 4.91. The minimum Gasteiger partial charge on any atom is -0.392 e. The molecule has 0 bridgehead atoms. The van der Waals surface area contributed by atoms with Gasteiger partial charge in [0.05, 0.1) is 12.6 Å². The van der Waals surface area contributed by atoms with E-state index in [1.54, 1.807) is 43.5 Å². The highest BCUT2D eigenvalue weighted by molar-refractivity contribution is 6.09. The van der Waals surface area contributed by atoms with Crippen LogP contribution >= 0.6 is 0 Å². The zero-order chi connectivity index (χ0) is 18.8. The van der Waals surface area contributed by atoms with E-state index < -0.39 is 6.10 Å². The van der Waals surface area contributed by atoms with Crippen molar-refractivity contribution in [1.29, 1.82) is 0 Å². The zero-order valence-corrected chi connectivity index (χ0v) is 15.1. The fourth-order valence-corrected chi connectivity index (χ4v) is 3.04. The standard InChI is InChI=1S/C21H22N2O3/c1-13-6-4-7-16(15(13)3)20(25)22-19-9-5-8-18-17(19)10-11-23(21(18)26)12-14(2)24/h4-11,14,24H,12H2,1-3H3,(H,22,25). The zero-order valence-electron chi connectivity index (χ0n) is 15.1. The van der Waals surface area contributed by atoms with Crippen molar-refractivity contribution >= 4 is 22.4 Å². The van der Waals surface area contributed by atoms with Crippen molar-refractivity contribution in [3.8, 4) is 0 Å². The van der Waals surface area contributed by atoms with Crippen LogP contribution in [0.5, 0.6) is 0 Å². The van der Waals surface area contributed by atoms with Crippen molar-refractivity contribution in [2.75, 3.05) is 5.32 Å². The molecule has 5 heteroatoms. The summed E-state index contributed by atoms with van der Waals surface area (Å²) in [5, 5.41) is 13.6. The Morgan fingerprint density at radius 1 is 1.12 bits per heavy atom. The molecular formula is C21H22N2O3. The van der Waals surface area contributed by atoms with Gasteiger partial charge in [0.15, 0.2) is 0 Å². The Bertz CT molecular complexity index is 1040. The molecule has 0 saturated heterocycles. The third-order valence-corrected chi connectivity index (χ3v) is 4.58. The summed E-state index contributed by atoms with van der Waals surface area (Å²) in [6.07, 6.45) is 1.03. The number of fused-ring (bicyclic) bond motifs is 1. The first-order valence-electron chi connectivity index (χ1n) is 8.56. The number of hydrogen-bond acceptors (Lipinski definition) is 3. The molecule has 0 aliphatic carbocycles. The number of nitrogens with one attached hydrogen (secondary N) is 1. The van der Waals surface area contributed by atoms with Gasteiger partial charge in [0, 0.05) is 28.2 Å². The van der Waals surface area contributed by atoms with E-state index in [1.165, 1.54) is 4.57 Å². The van der Waals surface area contributed by atoms with E-state index in [4.69, 9.17) is 0 Å². The monoisotopic (exact) mass is 350 g/mol. The van der Waals surface area contributed by atoms with Crippen LogP contribution < -0.4 is 10.9 Å². The van der Waals surface area contributed by atoms with Gasteiger partial charge in [-0.25, -0.2) is 0 Å². The minimum absolute atomic E-state index is 0.189. The molecule has 3 aromatic rings. The first-order chi connectivity index (χ1) is 12.4. The summed E-state index contributed by atoms with van der Waals surface area (Å²) in [5.74, 6) is -0.202. The molecule has 0 aliphatic heterocycles. The number of rotatable bonds is 4. The number of pyridine rings is 1. The van der Waals surface area contributed by atoms with Crippen molar-refractivity contribution in [3.63, 3.8) is 0 Å². The van der Waals surface area contributed by atoms with Gasteiger partial charge in [-0.1, -0.05) is 18.2 Å². The number of anilines is 1. The molecule has 2 aromatic carbocycles. The first-order valence-corrected chi connectivity index (χ1v) is 8.56. The summed E-state index contributed by atoms with van der Waals surface area (Å²) in [6.45, 7) is 5.75. The summed E-state index contributed by atoms with van der Waals surface area (Å²) in [7, 11) is 0. The average Bonchev–Trinajstić information content (AvgIpc) is 2.60. The molecule has 1 unspecified atom stereocenters. The molecule has 0 aliphatic rings. The number of aliphatic hydroxyl groups excluding tert-OH is 1. The lowest BCUT2D eigenvalue weighted by Crippen LogP contribution is -2.25. The summed E-state index contributed by atoms with van der Waals surface area (Å²) in [5.41, 5.74) is 3.01. The van der Waals surface area contributed by atoms with Gasteiger partial charge in [-0.15, -0.1) is 0 Å². The van der Waals surface area contributed by atoms with Crippen LogP contribution in [0.1, 0.15) is 28.4 Å². The molecule has 2 N–H and O–H groups in total. The fourth-order valence-electron chi connectivity index (χ4n) is 3.04. The number of aryl methyl sites for hydroxylation is 1. The van der Waals surface area contributed by atoms with Crippen LogP contribution in [0.15, 0.2) is 53.5 Å². The highest BCUT2D eigenvalue weighted by Crippen LogP contribution is 2.22. The molecule has 1 atom stereocenters. The van der Waals surface area contributed by atoms with Gasteiger partial charge in [0.25, 0.3) is 11.5 Å². The third kappa shape index (κ3) is 3.39. The van der Waals surface area contributed by atoms with Gasteiger partial charge in [0.1, 0.15) is 0 Å². The van der Waals surface area contributed by atoms with Gasteiger partial charge < -0.3 is 15.0 Å². The SMILES string of the molecule is Cc1cccc(C(=O)Nc2cccc3c(=O)n(CC(C)O)ccc23)c1C. The molecule has 1 amide bonds. The summed E-state index contributed by atoms with van der Waals surface area (Å²) in [4.78, 5) is 25.3. The predicted octanol–water partition coefficient (Wildman–Crippen LogP) is 3.25. The van der Waals surface area contributed by atoms with Crippen LogP contribution in [0, 0.1) is 13.8 Å². The molecule has 5 nitrogen and oxygen atoms in total. The number of carbonyl (C=O) groups excluding carboxylic acids is 1. The normalized spacial score (nSPS) is 12.2. The second-order valence-electron chi connectivity index (χ2n) is 6.59. The van der Waals surface area contributed by atoms with Crippen LogP contribution in [-0.4, -0.2) is 21.7 Å². The van der Waals surface area contributed by atoms with E-state index in [9.17, 15) is 14.7 Å². The predicted molar refractivity (Wildman–Crippen MR) is 104 cm³/mol. The molecule has 0 saturated carbocycles. The Morgan fingerprint density at radius 2 is 1.85 bits per heavy atom. The minimum atomic E-state index is -0.614. The molecular weight excluding hydrogens is 328 g/mol. The van der Waals surface area contributed by atoms with Gasteiger partial charge in [-0.05, 0) is 56.2 Å². The Labute approximate surface area is 151 Å². The van der Waals surface area contributed by atoms with Crippen LogP contribution in [0.3, 0.4) is 0 Å². The van der Waals surface area contributed by atoms with Crippen LogP contribution in [0.25, 0.3) is 10.8 Å². The number of aliphatic hydroxyl groups is 1. The molecule has 1 aromatic heterocycles. The molecule has 1 heterocycles.